The van der Waals surface area contributed by atoms with Gasteiger partial charge in [0, 0.05) is 12.8 Å². The monoisotopic (exact) mass is 315 g/mol. The maximum Gasteiger partial charge on any atom is 0.358 e. The molecule has 1 N–H and O–H groups in total. The van der Waals surface area contributed by atoms with E-state index in [1.165, 1.54) is 14.0 Å². The van der Waals surface area contributed by atoms with Gasteiger partial charge in [-0.3, -0.25) is 4.79 Å². The molecule has 0 radical (unpaired) electrons. The van der Waals surface area contributed by atoms with Crippen molar-refractivity contribution >= 4 is 20.2 Å². The summed E-state index contributed by atoms with van der Waals surface area (Å²) in [6.45, 7) is 15.7. The van der Waals surface area contributed by atoms with Crippen molar-refractivity contribution in [1.82, 2.24) is 5.32 Å². The Morgan fingerprint density at radius 3 is 1.90 bits per heavy atom. The van der Waals surface area contributed by atoms with Crippen molar-refractivity contribution in [2.45, 2.75) is 59.7 Å². The fourth-order valence-corrected chi connectivity index (χ4v) is 2.57. The van der Waals surface area contributed by atoms with Crippen molar-refractivity contribution < 1.29 is 18.8 Å². The second kappa shape index (κ2) is 7.11. The Labute approximate surface area is 129 Å². The van der Waals surface area contributed by atoms with Gasteiger partial charge in [0.15, 0.2) is 5.70 Å². The molecule has 0 aliphatic rings. The van der Waals surface area contributed by atoms with Gasteiger partial charge in [0.25, 0.3) is 0 Å². The molecule has 0 fully saturated rings. The summed E-state index contributed by atoms with van der Waals surface area (Å²) in [4.78, 5) is 23.3. The molecule has 0 aliphatic heterocycles. The Bertz CT molecular complexity index is 433. The third-order valence-electron chi connectivity index (χ3n) is 3.63. The highest BCUT2D eigenvalue weighted by Crippen LogP contribution is 2.39. The van der Waals surface area contributed by atoms with Crippen LogP contribution in [0.15, 0.2) is 11.5 Å². The fourth-order valence-electron chi connectivity index (χ4n) is 1.38. The number of hydrogen-bond donors (Lipinski definition) is 1. The van der Waals surface area contributed by atoms with Crippen molar-refractivity contribution in [3.63, 3.8) is 0 Å². The van der Waals surface area contributed by atoms with E-state index in [1.807, 2.05) is 13.8 Å². The minimum atomic E-state index is -2.12. The van der Waals surface area contributed by atoms with Gasteiger partial charge in [-0.2, -0.15) is 0 Å². The SMILES string of the molecule is COC(=O)/C(NC(C)=O)=C(/O[Si](C)(C)C(C)(C)C)C(C)C. The molecule has 0 atom stereocenters. The van der Waals surface area contributed by atoms with Crippen molar-refractivity contribution in [2.75, 3.05) is 7.11 Å². The van der Waals surface area contributed by atoms with Crippen LogP contribution in [-0.2, 0) is 18.8 Å². The molecule has 1 amide bonds. The Morgan fingerprint density at radius 2 is 1.62 bits per heavy atom. The first-order valence-corrected chi connectivity index (χ1v) is 10.0. The minimum Gasteiger partial charge on any atom is -0.545 e. The van der Waals surface area contributed by atoms with Crippen molar-refractivity contribution in [3.8, 4) is 0 Å². The zero-order chi connectivity index (χ0) is 17.0. The van der Waals surface area contributed by atoms with E-state index in [1.54, 1.807) is 0 Å². The summed E-state index contributed by atoms with van der Waals surface area (Å²) in [7, 11) is -0.834. The molecule has 0 aromatic heterocycles. The van der Waals surface area contributed by atoms with Crippen LogP contribution in [0, 0.1) is 5.92 Å². The summed E-state index contributed by atoms with van der Waals surface area (Å²) < 4.78 is 11.0. The van der Waals surface area contributed by atoms with Gasteiger partial charge in [-0.05, 0) is 18.1 Å². The number of nitrogens with one attached hydrogen (secondary N) is 1. The molecule has 5 nitrogen and oxygen atoms in total. The lowest BCUT2D eigenvalue weighted by Gasteiger charge is -2.38. The Hall–Kier alpha value is -1.30. The molecule has 6 heteroatoms. The van der Waals surface area contributed by atoms with E-state index in [-0.39, 0.29) is 22.6 Å². The average molecular weight is 315 g/mol. The molecule has 21 heavy (non-hydrogen) atoms. The molecule has 0 saturated heterocycles. The van der Waals surface area contributed by atoms with Crippen LogP contribution in [0.1, 0.15) is 41.5 Å². The zero-order valence-corrected chi connectivity index (χ0v) is 15.7. The summed E-state index contributed by atoms with van der Waals surface area (Å²) in [6.07, 6.45) is 0. The maximum absolute atomic E-state index is 12.0. The van der Waals surface area contributed by atoms with Crippen LogP contribution in [-0.4, -0.2) is 27.3 Å². The molecular formula is C15H29NO4Si. The van der Waals surface area contributed by atoms with Crippen LogP contribution >= 0.6 is 0 Å². The molecule has 0 aromatic rings. The first kappa shape index (κ1) is 19.7. The van der Waals surface area contributed by atoms with Crippen LogP contribution in [0.5, 0.6) is 0 Å². The molecule has 0 bridgehead atoms. The van der Waals surface area contributed by atoms with Gasteiger partial charge in [0.1, 0.15) is 5.76 Å². The van der Waals surface area contributed by atoms with Crippen molar-refractivity contribution in [2.24, 2.45) is 5.92 Å². The zero-order valence-electron chi connectivity index (χ0n) is 14.7. The summed E-state index contributed by atoms with van der Waals surface area (Å²) in [5.41, 5.74) is 0.102. The van der Waals surface area contributed by atoms with Gasteiger partial charge in [0.2, 0.25) is 14.2 Å². The van der Waals surface area contributed by atoms with E-state index in [9.17, 15) is 9.59 Å². The Kier molecular flexibility index (Phi) is 6.67. The third kappa shape index (κ3) is 5.53. The van der Waals surface area contributed by atoms with E-state index in [0.717, 1.165) is 0 Å². The molecular weight excluding hydrogens is 286 g/mol. The predicted molar refractivity (Wildman–Crippen MR) is 86.0 cm³/mol. The van der Waals surface area contributed by atoms with Crippen molar-refractivity contribution in [3.05, 3.63) is 11.5 Å². The first-order valence-electron chi connectivity index (χ1n) is 7.12. The largest absolute Gasteiger partial charge is 0.545 e. The molecule has 0 aromatic carbocycles. The number of methoxy groups -OCH3 is 1. The standard InChI is InChI=1S/C15H29NO4Si/c1-10(2)13(20-21(8,9)15(4,5)6)12(14(18)19-7)16-11(3)17/h10H,1-9H3,(H,16,17)/b13-12-. The van der Waals surface area contributed by atoms with Gasteiger partial charge in [-0.1, -0.05) is 34.6 Å². The smallest absolute Gasteiger partial charge is 0.358 e. The van der Waals surface area contributed by atoms with Crippen LogP contribution < -0.4 is 5.32 Å². The van der Waals surface area contributed by atoms with Gasteiger partial charge in [-0.15, -0.1) is 0 Å². The summed E-state index contributed by atoms with van der Waals surface area (Å²) in [5.74, 6) is -0.469. The number of hydrogen-bond acceptors (Lipinski definition) is 4. The van der Waals surface area contributed by atoms with E-state index < -0.39 is 14.3 Å². The summed E-state index contributed by atoms with van der Waals surface area (Å²) >= 11 is 0. The van der Waals surface area contributed by atoms with Crippen molar-refractivity contribution in [1.29, 1.82) is 0 Å². The van der Waals surface area contributed by atoms with E-state index >= 15 is 0 Å². The second-order valence-electron chi connectivity index (χ2n) is 6.93. The normalized spacial score (nSPS) is 13.6. The average Bonchev–Trinajstić information content (AvgIpc) is 2.30. The first-order chi connectivity index (χ1) is 9.33. The predicted octanol–water partition coefficient (Wildman–Crippen LogP) is 3.18. The van der Waals surface area contributed by atoms with E-state index in [2.05, 4.69) is 39.2 Å². The minimum absolute atomic E-state index is 0.00933. The summed E-state index contributed by atoms with van der Waals surface area (Å²) in [6, 6.07) is 0. The van der Waals surface area contributed by atoms with Crippen LogP contribution in [0.3, 0.4) is 0 Å². The highest BCUT2D eigenvalue weighted by atomic mass is 28.4. The highest BCUT2D eigenvalue weighted by Gasteiger charge is 2.40. The molecule has 0 saturated carbocycles. The van der Waals surface area contributed by atoms with Crippen LogP contribution in [0.25, 0.3) is 0 Å². The quantitative estimate of drug-likeness (QED) is 0.366. The molecule has 0 rings (SSSR count). The number of carbonyl (C=O) groups excluding carboxylic acids is 2. The lowest BCUT2D eigenvalue weighted by atomic mass is 10.1. The molecule has 0 aliphatic carbocycles. The van der Waals surface area contributed by atoms with Crippen LogP contribution in [0.4, 0.5) is 0 Å². The molecule has 0 unspecified atom stereocenters. The topological polar surface area (TPSA) is 64.6 Å². The van der Waals surface area contributed by atoms with Gasteiger partial charge >= 0.3 is 5.97 Å². The number of rotatable bonds is 5. The lowest BCUT2D eigenvalue weighted by molar-refractivity contribution is -0.138. The molecule has 0 spiro atoms. The fraction of sp³-hybridized carbons (Fsp3) is 0.733. The van der Waals surface area contributed by atoms with E-state index in [4.69, 9.17) is 9.16 Å². The third-order valence-corrected chi connectivity index (χ3v) is 7.98. The number of ether oxygens (including phenoxy) is 1. The number of esters is 1. The lowest BCUT2D eigenvalue weighted by Crippen LogP contribution is -2.42. The number of allylic oxidation sites excluding steroid dienone is 1. The number of amides is 1. The molecule has 122 valence electrons. The molecule has 0 heterocycles. The highest BCUT2D eigenvalue weighted by molar-refractivity contribution is 6.74. The maximum atomic E-state index is 12.0. The van der Waals surface area contributed by atoms with E-state index in [0.29, 0.717) is 5.76 Å². The van der Waals surface area contributed by atoms with Gasteiger partial charge in [-0.25, -0.2) is 4.79 Å². The Balaban J connectivity index is 5.85. The summed E-state index contributed by atoms with van der Waals surface area (Å²) in [5, 5.41) is 2.54. The van der Waals surface area contributed by atoms with Gasteiger partial charge < -0.3 is 14.5 Å². The Morgan fingerprint density at radius 1 is 1.14 bits per heavy atom. The number of carbonyl (C=O) groups is 2. The van der Waals surface area contributed by atoms with Crippen LogP contribution in [0.2, 0.25) is 18.1 Å². The second-order valence-corrected chi connectivity index (χ2v) is 11.7. The van der Waals surface area contributed by atoms with Gasteiger partial charge in [0.05, 0.1) is 7.11 Å².